The van der Waals surface area contributed by atoms with E-state index in [1.54, 1.807) is 26.0 Å². The van der Waals surface area contributed by atoms with Crippen LogP contribution >= 0.6 is 57.5 Å². The number of esters is 1. The number of aliphatic imine (C=N–C) groups is 3. The lowest BCUT2D eigenvalue weighted by Gasteiger charge is -2.45. The Kier molecular flexibility index (Phi) is 27.0. The molecule has 10 rings (SSSR count). The summed E-state index contributed by atoms with van der Waals surface area (Å²) in [6.07, 6.45) is -3.03. The summed E-state index contributed by atoms with van der Waals surface area (Å²) in [4.78, 5) is 204. The molecule has 0 saturated carbocycles. The van der Waals surface area contributed by atoms with E-state index >= 15 is 14.4 Å². The number of nitrogens with one attached hydrogen (secondary N) is 11. The molecular formula is C72H87N19O18S5. The van der Waals surface area contributed by atoms with E-state index in [9.17, 15) is 68.7 Å². The number of aliphatic hydroxyl groups excluding tert-OH is 4. The van der Waals surface area contributed by atoms with E-state index < -0.39 is 201 Å². The lowest BCUT2D eigenvalue weighted by Crippen LogP contribution is -2.63. The number of cyclic esters (lactones) is 1. The molecule has 13 bridgehead atoms. The molecule has 11 amide bonds. The van der Waals surface area contributed by atoms with Gasteiger partial charge in [0.15, 0.2) is 0 Å². The van der Waals surface area contributed by atoms with Gasteiger partial charge in [-0.15, -0.1) is 57.5 Å². The van der Waals surface area contributed by atoms with Crippen LogP contribution in [0.5, 0.6) is 0 Å². The number of amides is 11. The third-order valence-electron chi connectivity index (χ3n) is 19.8. The lowest BCUT2D eigenvalue weighted by atomic mass is 9.79. The highest BCUT2D eigenvalue weighted by Crippen LogP contribution is 2.48. The molecule has 5 aliphatic heterocycles. The first-order valence-corrected chi connectivity index (χ1v) is 40.5. The number of allylic oxidation sites excluding steroid dienone is 1. The van der Waals surface area contributed by atoms with Gasteiger partial charge in [-0.2, -0.15) is 0 Å². The Bertz CT molecular complexity index is 4770. The van der Waals surface area contributed by atoms with E-state index in [0.29, 0.717) is 6.42 Å². The summed E-state index contributed by atoms with van der Waals surface area (Å²) in [5.74, 6) is -12.2. The average Bonchev–Trinajstić information content (AvgIpc) is 1.49. The number of aromatic nitrogens is 4. The molecule has 1 aliphatic carbocycles. The predicted molar refractivity (Wildman–Crippen MR) is 421 cm³/mol. The number of primary amides is 1. The summed E-state index contributed by atoms with van der Waals surface area (Å²) < 4.78 is 6.27. The number of aliphatic hydroxyl groups is 5. The summed E-state index contributed by atoms with van der Waals surface area (Å²) >= 11 is 4.67. The van der Waals surface area contributed by atoms with Gasteiger partial charge < -0.3 is 89.2 Å². The van der Waals surface area contributed by atoms with Crippen LogP contribution in [-0.4, -0.2) is 215 Å². The van der Waals surface area contributed by atoms with Crippen molar-refractivity contribution in [1.29, 1.82) is 0 Å². The molecule has 0 spiro atoms. The van der Waals surface area contributed by atoms with Gasteiger partial charge in [0.05, 0.1) is 70.3 Å². The molecule has 608 valence electrons. The van der Waals surface area contributed by atoms with Crippen LogP contribution in [0.1, 0.15) is 188 Å². The number of carbonyl (C=O) groups excluding carboxylic acids is 12. The molecule has 0 saturated heterocycles. The van der Waals surface area contributed by atoms with Crippen LogP contribution in [0.15, 0.2) is 91.9 Å². The summed E-state index contributed by atoms with van der Waals surface area (Å²) in [5, 5.41) is 90.0. The van der Waals surface area contributed by atoms with Crippen LogP contribution in [0.2, 0.25) is 0 Å². The van der Waals surface area contributed by atoms with Crippen LogP contribution in [0.25, 0.3) is 6.08 Å². The summed E-state index contributed by atoms with van der Waals surface area (Å²) in [6.45, 7) is 25.0. The molecule has 9 heterocycles. The Balaban J connectivity index is 1.17. The summed E-state index contributed by atoms with van der Waals surface area (Å²) in [5.41, 5.74) is -1.38. The maximum atomic E-state index is 15.4. The number of pyridine rings is 1. The molecule has 18 unspecified atom stereocenters. The summed E-state index contributed by atoms with van der Waals surface area (Å²) in [6, 6.07) is -11.4. The van der Waals surface area contributed by atoms with Crippen molar-refractivity contribution in [3.05, 3.63) is 132 Å². The van der Waals surface area contributed by atoms with Crippen molar-refractivity contribution in [2.24, 2.45) is 26.6 Å². The van der Waals surface area contributed by atoms with Gasteiger partial charge in [-0.25, -0.2) is 24.7 Å². The molecule has 37 nitrogen and oxygen atoms in total. The Morgan fingerprint density at radius 3 is 2.17 bits per heavy atom. The molecule has 0 aromatic carbocycles. The highest BCUT2D eigenvalue weighted by molar-refractivity contribution is 8.14. The Labute approximate surface area is 672 Å². The molecule has 18 atom stereocenters. The van der Waals surface area contributed by atoms with Crippen molar-refractivity contribution < 1.29 is 87.8 Å². The van der Waals surface area contributed by atoms with E-state index in [-0.39, 0.29) is 95.4 Å². The number of thioether (sulfide) groups is 2. The maximum absolute atomic E-state index is 15.4. The first-order chi connectivity index (χ1) is 53.7. The van der Waals surface area contributed by atoms with Crippen molar-refractivity contribution in [2.75, 3.05) is 11.5 Å². The quantitative estimate of drug-likeness (QED) is 0.0659. The molecule has 4 aromatic rings. The van der Waals surface area contributed by atoms with Crippen molar-refractivity contribution in [3.63, 3.8) is 0 Å². The van der Waals surface area contributed by atoms with Crippen molar-refractivity contribution >= 4 is 151 Å². The zero-order chi connectivity index (χ0) is 83.4. The Morgan fingerprint density at radius 1 is 0.781 bits per heavy atom. The number of hydrogen-bond donors (Lipinski definition) is 17. The molecule has 114 heavy (non-hydrogen) atoms. The van der Waals surface area contributed by atoms with Gasteiger partial charge in [0.1, 0.15) is 114 Å². The zero-order valence-electron chi connectivity index (χ0n) is 63.2. The fourth-order valence-electron chi connectivity index (χ4n) is 12.6. The minimum atomic E-state index is -2.20. The fourth-order valence-corrected chi connectivity index (χ4v) is 17.8. The minimum Gasteiger partial charge on any atom is -0.455 e. The normalized spacial score (nSPS) is 28.2. The second-order valence-electron chi connectivity index (χ2n) is 28.1. The van der Waals surface area contributed by atoms with E-state index in [1.165, 1.54) is 76.7 Å². The standard InChI is InChI=1S/C72H87N19O18S5/c1-14-26(3)47-63(105)78-30(7)57(99)75-28(5)56(98)76-31(8)58(100)91-72-19-18-40(66-85-43(22-111-66)59(101)77-29(6)55(97)74-27(4)54(73)96)81-52(72)42-21-112-67(83-42)49(34(11)109-69(107)41-20-37(32(9)92)36-16-17-39(79-47)51(95)50(36)80-41)89-60(102)44-24-113-68(86-44)53(71(13,108)35(12)94)90-62(104)45-23-110-65(84-45)38(15-2)82-64(106)48(33(10)93)88-61(103)46-25-114-70(72)87-46/h15-17,20-22,24,26,30-35,39,45,47-49,51-53,70,79,92-95,108H,4-6,14,18-19,23,25H2,1-3,7-13H3,(H2,73,96)(H,74,97)(H,75,99)(H,76,98)(H,77,101)(H,78,105)(H,82,106)(H,88,103)(H,89,102)(H,90,104)(H,91,100). The molecule has 0 fully saturated rings. The minimum absolute atomic E-state index is 0.00934. The van der Waals surface area contributed by atoms with Gasteiger partial charge in [-0.1, -0.05) is 58.2 Å². The second kappa shape index (κ2) is 35.7. The third-order valence-corrected chi connectivity index (χ3v) is 24.9. The van der Waals surface area contributed by atoms with Crippen molar-refractivity contribution in [3.8, 4) is 0 Å². The van der Waals surface area contributed by atoms with E-state index in [0.717, 1.165) is 57.5 Å². The highest BCUT2D eigenvalue weighted by atomic mass is 32.2. The molecule has 18 N–H and O–H groups in total. The SMILES string of the molecule is C=C(NC(=O)C(=C)NC(=O)c1csc(C2=NC3c4csc(n4)C4NC(=O)c5csc(n5)C(C(C)(O)C(C)O)NC(=O)C5CSC(=N5)C(=CC)NC(=O)C(C(C)O)NC(=O)C5=NC(SC5)C3(CC2)NC(=O)C(C)NC(=O)C(=C)NC(=O)C(C)NC(=O)C(C(C)CC)NC2C=Cc3c(C(C)O)cc(nc3C2O)C(=O)OC4C)n1)C(N)=O. The largest absolute Gasteiger partial charge is 0.455 e. The van der Waals surface area contributed by atoms with E-state index in [2.05, 4.69) is 98.2 Å². The first-order valence-electron chi connectivity index (χ1n) is 35.9. The third kappa shape index (κ3) is 18.8. The van der Waals surface area contributed by atoms with E-state index in [4.69, 9.17) is 25.4 Å². The number of nitrogens with zero attached hydrogens (tertiary/aromatic N) is 7. The first kappa shape index (κ1) is 86.3. The Morgan fingerprint density at radius 2 is 1.49 bits per heavy atom. The van der Waals surface area contributed by atoms with Crippen LogP contribution in [-0.2, 0) is 47.9 Å². The van der Waals surface area contributed by atoms with Crippen LogP contribution in [0, 0.1) is 5.92 Å². The van der Waals surface area contributed by atoms with Crippen LogP contribution < -0.4 is 64.2 Å². The summed E-state index contributed by atoms with van der Waals surface area (Å²) in [7, 11) is 0. The second-order valence-corrected chi connectivity index (χ2v) is 32.8. The molecule has 0 radical (unpaired) electrons. The van der Waals surface area contributed by atoms with Gasteiger partial charge in [0, 0.05) is 33.2 Å². The number of rotatable bonds is 12. The zero-order valence-corrected chi connectivity index (χ0v) is 67.3. The highest BCUT2D eigenvalue weighted by Gasteiger charge is 2.54. The van der Waals surface area contributed by atoms with E-state index in [1.807, 2.05) is 6.92 Å². The van der Waals surface area contributed by atoms with Gasteiger partial charge >= 0.3 is 5.97 Å². The van der Waals surface area contributed by atoms with Gasteiger partial charge in [0.25, 0.3) is 35.4 Å². The van der Waals surface area contributed by atoms with Crippen molar-refractivity contribution in [1.82, 2.24) is 78.4 Å². The molecular weight excluding hydrogens is 1580 g/mol. The average molecular weight is 1670 g/mol. The smallest absolute Gasteiger partial charge is 0.357 e. The van der Waals surface area contributed by atoms with Gasteiger partial charge in [-0.3, -0.25) is 73.0 Å². The topological polar surface area (TPSA) is 562 Å². The van der Waals surface area contributed by atoms with Crippen LogP contribution in [0.4, 0.5) is 0 Å². The monoisotopic (exact) mass is 1670 g/mol. The van der Waals surface area contributed by atoms with Crippen molar-refractivity contribution in [2.45, 2.75) is 190 Å². The number of thiazole rings is 3. The van der Waals surface area contributed by atoms with Gasteiger partial charge in [-0.05, 0) is 85.8 Å². The molecule has 42 heteroatoms. The molecule has 6 aliphatic rings. The molecule has 4 aromatic heterocycles. The predicted octanol–water partition coefficient (Wildman–Crippen LogP) is 0.0610. The lowest BCUT2D eigenvalue weighted by molar-refractivity contribution is -0.131. The Hall–Kier alpha value is -10.2. The number of fused-ring (bicyclic) bond motifs is 6. The number of hydrogen-bond acceptors (Lipinski definition) is 31. The van der Waals surface area contributed by atoms with Gasteiger partial charge in [0.2, 0.25) is 29.5 Å². The number of carbonyl (C=O) groups is 12. The fraction of sp³-hybridized carbons (Fsp3) is 0.458. The number of ether oxygens (including phenoxy) is 1. The number of nitrogens with two attached hydrogens (primary N) is 1. The van der Waals surface area contributed by atoms with Crippen LogP contribution in [0.3, 0.4) is 0 Å². The maximum Gasteiger partial charge on any atom is 0.357 e.